The van der Waals surface area contributed by atoms with Crippen LogP contribution in [0.1, 0.15) is 26.7 Å². The molecule has 76 valence electrons. The van der Waals surface area contributed by atoms with Gasteiger partial charge in [0.15, 0.2) is 0 Å². The number of rotatable bonds is 4. The molecule has 0 fully saturated rings. The Balaban J connectivity index is 3.99. The lowest BCUT2D eigenvalue weighted by Gasteiger charge is -2.08. The monoisotopic (exact) mass is 410 g/mol. The van der Waals surface area contributed by atoms with Crippen molar-refractivity contribution < 1.29 is 14.3 Å². The molecule has 0 saturated heterocycles. The van der Waals surface area contributed by atoms with E-state index in [9.17, 15) is 9.59 Å². The maximum absolute atomic E-state index is 11.2. The zero-order valence-corrected chi connectivity index (χ0v) is 11.9. The van der Waals surface area contributed by atoms with E-state index in [-0.39, 0.29) is 7.85 Å². The van der Waals surface area contributed by atoms with Gasteiger partial charge in [0.1, 0.15) is 7.85 Å². The Morgan fingerprint density at radius 1 is 1.08 bits per heavy atom. The van der Waals surface area contributed by atoms with E-state index < -0.39 is 11.9 Å². The summed E-state index contributed by atoms with van der Waals surface area (Å²) < 4.78 is 4.22. The number of halogens is 2. The van der Waals surface area contributed by atoms with E-state index in [1.807, 2.05) is 59.0 Å². The SMILES string of the molecule is CCC(I)C(=O)OC(=O)C(I)CC. The smallest absolute Gasteiger partial charge is 0.326 e. The molecule has 0 aromatic heterocycles. The topological polar surface area (TPSA) is 43.4 Å². The van der Waals surface area contributed by atoms with E-state index >= 15 is 0 Å². The summed E-state index contributed by atoms with van der Waals surface area (Å²) >= 11 is 3.94. The summed E-state index contributed by atoms with van der Waals surface area (Å²) in [6.07, 6.45) is 1.37. The van der Waals surface area contributed by atoms with Gasteiger partial charge in [-0.05, 0) is 12.8 Å². The average molecular weight is 410 g/mol. The van der Waals surface area contributed by atoms with E-state index in [0.717, 1.165) is 0 Å². The van der Waals surface area contributed by atoms with Crippen LogP contribution in [0.15, 0.2) is 0 Å². The Hall–Kier alpha value is 0.600. The molecular formula is C8H12I2O3. The van der Waals surface area contributed by atoms with Crippen molar-refractivity contribution in [3.63, 3.8) is 0 Å². The lowest BCUT2D eigenvalue weighted by Crippen LogP contribution is -2.25. The van der Waals surface area contributed by atoms with Crippen LogP contribution in [0.25, 0.3) is 0 Å². The van der Waals surface area contributed by atoms with Gasteiger partial charge in [0, 0.05) is 0 Å². The van der Waals surface area contributed by atoms with Crippen molar-refractivity contribution in [1.29, 1.82) is 0 Å². The fourth-order valence-corrected chi connectivity index (χ4v) is 0.815. The lowest BCUT2D eigenvalue weighted by molar-refractivity contribution is -0.158. The maximum atomic E-state index is 11.2. The van der Waals surface area contributed by atoms with Gasteiger partial charge in [0.25, 0.3) is 0 Å². The van der Waals surface area contributed by atoms with Crippen molar-refractivity contribution >= 4 is 57.1 Å². The molecule has 0 aromatic rings. The summed E-state index contributed by atoms with van der Waals surface area (Å²) in [7, 11) is 0. The minimum Gasteiger partial charge on any atom is -0.392 e. The molecule has 0 aliphatic carbocycles. The van der Waals surface area contributed by atoms with Gasteiger partial charge >= 0.3 is 11.9 Å². The fourth-order valence-electron chi connectivity index (χ4n) is 0.560. The molecule has 0 bridgehead atoms. The third-order valence-corrected chi connectivity index (χ3v) is 4.21. The number of ether oxygens (including phenoxy) is 1. The molecule has 5 heteroatoms. The zero-order valence-electron chi connectivity index (χ0n) is 7.55. The molecule has 0 radical (unpaired) electrons. The van der Waals surface area contributed by atoms with Gasteiger partial charge in [0.2, 0.25) is 0 Å². The number of carbonyl (C=O) groups excluding carboxylic acids is 2. The van der Waals surface area contributed by atoms with E-state index in [2.05, 4.69) is 4.74 Å². The molecular weight excluding hydrogens is 398 g/mol. The lowest BCUT2D eigenvalue weighted by atomic mass is 10.3. The van der Waals surface area contributed by atoms with E-state index in [1.54, 1.807) is 0 Å². The van der Waals surface area contributed by atoms with Crippen LogP contribution in [-0.4, -0.2) is 19.8 Å². The summed E-state index contributed by atoms with van der Waals surface area (Å²) in [5.74, 6) is -0.855. The average Bonchev–Trinajstić information content (AvgIpc) is 2.14. The molecule has 0 amide bonds. The molecule has 2 atom stereocenters. The Bertz CT molecular complexity index is 174. The molecule has 0 rings (SSSR count). The predicted octanol–water partition coefficient (Wildman–Crippen LogP) is 2.48. The largest absolute Gasteiger partial charge is 0.392 e. The summed E-state index contributed by atoms with van der Waals surface area (Å²) in [5, 5.41) is 0. The van der Waals surface area contributed by atoms with Crippen LogP contribution in [-0.2, 0) is 14.3 Å². The van der Waals surface area contributed by atoms with E-state index in [1.165, 1.54) is 0 Å². The second-order valence-electron chi connectivity index (χ2n) is 2.49. The molecule has 0 aromatic carbocycles. The normalized spacial score (nSPS) is 14.8. The Morgan fingerprint density at radius 2 is 1.38 bits per heavy atom. The number of carbonyl (C=O) groups is 2. The Labute approximate surface area is 105 Å². The van der Waals surface area contributed by atoms with Gasteiger partial charge in [-0.1, -0.05) is 59.0 Å². The van der Waals surface area contributed by atoms with Crippen molar-refractivity contribution in [1.82, 2.24) is 0 Å². The number of hydrogen-bond donors (Lipinski definition) is 0. The highest BCUT2D eigenvalue weighted by atomic mass is 127. The molecule has 2 unspecified atom stereocenters. The van der Waals surface area contributed by atoms with Crippen LogP contribution in [0.4, 0.5) is 0 Å². The third-order valence-electron chi connectivity index (χ3n) is 1.43. The van der Waals surface area contributed by atoms with Crippen molar-refractivity contribution in [2.24, 2.45) is 0 Å². The number of alkyl halides is 2. The summed E-state index contributed by atoms with van der Waals surface area (Å²) in [6, 6.07) is 0. The first-order valence-electron chi connectivity index (χ1n) is 4.06. The highest BCUT2D eigenvalue weighted by Crippen LogP contribution is 2.11. The van der Waals surface area contributed by atoms with Gasteiger partial charge in [-0.15, -0.1) is 0 Å². The minimum absolute atomic E-state index is 0.220. The van der Waals surface area contributed by atoms with E-state index in [0.29, 0.717) is 12.8 Å². The molecule has 0 spiro atoms. The first-order chi connectivity index (χ1) is 6.02. The van der Waals surface area contributed by atoms with Crippen LogP contribution in [0.3, 0.4) is 0 Å². The van der Waals surface area contributed by atoms with Gasteiger partial charge < -0.3 is 4.74 Å². The highest BCUT2D eigenvalue weighted by molar-refractivity contribution is 14.1. The summed E-state index contributed by atoms with van der Waals surface area (Å²) in [4.78, 5) is 22.3. The summed E-state index contributed by atoms with van der Waals surface area (Å²) in [6.45, 7) is 3.76. The van der Waals surface area contributed by atoms with Gasteiger partial charge in [-0.3, -0.25) is 9.59 Å². The van der Waals surface area contributed by atoms with Gasteiger partial charge in [0.05, 0.1) is 0 Å². The van der Waals surface area contributed by atoms with Crippen LogP contribution in [0.2, 0.25) is 0 Å². The molecule has 3 nitrogen and oxygen atoms in total. The fraction of sp³-hybridized carbons (Fsp3) is 0.750. The van der Waals surface area contributed by atoms with Crippen LogP contribution >= 0.6 is 45.2 Å². The first-order valence-corrected chi connectivity index (χ1v) is 6.55. The van der Waals surface area contributed by atoms with Gasteiger partial charge in [-0.2, -0.15) is 0 Å². The quantitative estimate of drug-likeness (QED) is 0.310. The van der Waals surface area contributed by atoms with Crippen molar-refractivity contribution in [2.45, 2.75) is 34.5 Å². The molecule has 13 heavy (non-hydrogen) atoms. The second kappa shape index (κ2) is 6.97. The van der Waals surface area contributed by atoms with Crippen LogP contribution < -0.4 is 0 Å². The van der Waals surface area contributed by atoms with Crippen molar-refractivity contribution in [2.75, 3.05) is 0 Å². The number of hydrogen-bond acceptors (Lipinski definition) is 3. The highest BCUT2D eigenvalue weighted by Gasteiger charge is 2.21. The third kappa shape index (κ3) is 5.14. The molecule has 0 saturated carbocycles. The van der Waals surface area contributed by atoms with Gasteiger partial charge in [-0.25, -0.2) is 0 Å². The zero-order chi connectivity index (χ0) is 10.4. The Morgan fingerprint density at radius 3 is 1.62 bits per heavy atom. The van der Waals surface area contributed by atoms with Crippen molar-refractivity contribution in [3.05, 3.63) is 0 Å². The molecule has 0 heterocycles. The second-order valence-corrected chi connectivity index (χ2v) is 5.50. The van der Waals surface area contributed by atoms with E-state index in [4.69, 9.17) is 0 Å². The summed E-state index contributed by atoms with van der Waals surface area (Å²) in [5.41, 5.74) is 0. The Kier molecular flexibility index (Phi) is 7.29. The molecule has 0 aliphatic rings. The predicted molar refractivity (Wildman–Crippen MR) is 67.3 cm³/mol. The van der Waals surface area contributed by atoms with Crippen LogP contribution in [0.5, 0.6) is 0 Å². The molecule has 0 N–H and O–H groups in total. The molecule has 0 aliphatic heterocycles. The number of esters is 2. The minimum atomic E-state index is -0.428. The van der Waals surface area contributed by atoms with Crippen LogP contribution in [0, 0.1) is 0 Å². The first kappa shape index (κ1) is 13.6. The standard InChI is InChI=1S/C8H12I2O3/c1-3-5(9)7(11)13-8(12)6(10)4-2/h5-6H,3-4H2,1-2H3. The maximum Gasteiger partial charge on any atom is 0.326 e. The van der Waals surface area contributed by atoms with Crippen molar-refractivity contribution in [3.8, 4) is 0 Å².